The van der Waals surface area contributed by atoms with Crippen LogP contribution in [0.2, 0.25) is 10.0 Å². The highest BCUT2D eigenvalue weighted by Crippen LogP contribution is 2.35. The second kappa shape index (κ2) is 13.2. The number of anilines is 1. The quantitative estimate of drug-likeness (QED) is 0.296. The van der Waals surface area contributed by atoms with Crippen molar-refractivity contribution in [3.8, 4) is 0 Å². The molecule has 0 bridgehead atoms. The minimum Gasteiger partial charge on any atom is -0.352 e. The Hall–Kier alpha value is -3.14. The molecule has 0 heterocycles. The summed E-state index contributed by atoms with van der Waals surface area (Å²) in [5.74, 6) is -1.43. The fraction of sp³-hybridized carbons (Fsp3) is 0.333. The summed E-state index contributed by atoms with van der Waals surface area (Å²) in [5.41, 5.74) is 1.46. The van der Waals surface area contributed by atoms with Crippen LogP contribution in [0.1, 0.15) is 43.7 Å². The molecule has 1 aliphatic carbocycles. The second-order valence-corrected chi connectivity index (χ2v) is 12.9. The number of hydrogen-bond donors (Lipinski definition) is 1. The van der Waals surface area contributed by atoms with Crippen LogP contribution < -0.4 is 9.62 Å². The third-order valence-corrected chi connectivity index (χ3v) is 9.81. The molecule has 0 saturated heterocycles. The number of halogens is 3. The Kier molecular flexibility index (Phi) is 9.94. The normalized spacial score (nSPS) is 14.5. The van der Waals surface area contributed by atoms with E-state index in [0.29, 0.717) is 5.56 Å². The zero-order chi connectivity index (χ0) is 29.7. The van der Waals surface area contributed by atoms with E-state index >= 15 is 0 Å². The lowest BCUT2D eigenvalue weighted by molar-refractivity contribution is -0.139. The zero-order valence-corrected chi connectivity index (χ0v) is 25.1. The maximum absolute atomic E-state index is 14.0. The van der Waals surface area contributed by atoms with Crippen molar-refractivity contribution in [2.75, 3.05) is 10.8 Å². The van der Waals surface area contributed by atoms with Crippen molar-refractivity contribution in [3.05, 3.63) is 93.7 Å². The van der Waals surface area contributed by atoms with Gasteiger partial charge in [0.15, 0.2) is 0 Å². The summed E-state index contributed by atoms with van der Waals surface area (Å²) in [7, 11) is -4.29. The van der Waals surface area contributed by atoms with Crippen LogP contribution >= 0.6 is 23.2 Å². The van der Waals surface area contributed by atoms with Crippen LogP contribution in [0.4, 0.5) is 10.1 Å². The maximum atomic E-state index is 14.0. The first-order valence-corrected chi connectivity index (χ1v) is 15.5. The molecule has 3 aromatic carbocycles. The van der Waals surface area contributed by atoms with Gasteiger partial charge in [-0.05, 0) is 68.7 Å². The van der Waals surface area contributed by atoms with Crippen LogP contribution in [0.5, 0.6) is 0 Å². The molecule has 1 aliphatic rings. The molecule has 0 aromatic heterocycles. The molecule has 1 N–H and O–H groups in total. The van der Waals surface area contributed by atoms with Crippen molar-refractivity contribution in [1.82, 2.24) is 10.2 Å². The van der Waals surface area contributed by atoms with Crippen LogP contribution in [-0.2, 0) is 26.2 Å². The monoisotopic (exact) mass is 619 g/mol. The average Bonchev–Trinajstić information content (AvgIpc) is 3.46. The number of aryl methyl sites for hydroxylation is 1. The van der Waals surface area contributed by atoms with Gasteiger partial charge in [-0.2, -0.15) is 0 Å². The minimum absolute atomic E-state index is 0.0244. The van der Waals surface area contributed by atoms with E-state index in [2.05, 4.69) is 5.32 Å². The molecule has 7 nitrogen and oxygen atoms in total. The Morgan fingerprint density at radius 2 is 1.63 bits per heavy atom. The van der Waals surface area contributed by atoms with Crippen molar-refractivity contribution < 1.29 is 22.4 Å². The molecule has 41 heavy (non-hydrogen) atoms. The minimum atomic E-state index is -4.29. The summed E-state index contributed by atoms with van der Waals surface area (Å²) < 4.78 is 42.4. The van der Waals surface area contributed by atoms with Crippen molar-refractivity contribution in [1.29, 1.82) is 0 Å². The molecular formula is C30H32Cl2FN3O4S. The van der Waals surface area contributed by atoms with Gasteiger partial charge >= 0.3 is 0 Å². The Balaban J connectivity index is 1.71. The molecule has 1 atom stereocenters. The predicted molar refractivity (Wildman–Crippen MR) is 159 cm³/mol. The standard InChI is InChI=1S/C30H32Cl2FN3O4S/c1-20-10-16-25(17-11-20)41(39,40)36(27-9-5-8-26(31)29(27)32)19-28(37)35(18-22-12-14-23(33)15-13-22)21(2)30(38)34-24-6-3-4-7-24/h5,8-17,21,24H,3-4,6-7,18-19H2,1-2H3,(H,34,38)/t21-/m0/s1. The number of benzene rings is 3. The van der Waals surface area contributed by atoms with Crippen LogP contribution in [0.25, 0.3) is 0 Å². The first kappa shape index (κ1) is 30.8. The van der Waals surface area contributed by atoms with E-state index in [9.17, 15) is 22.4 Å². The molecule has 11 heteroatoms. The Morgan fingerprint density at radius 1 is 1.00 bits per heavy atom. The number of nitrogens with zero attached hydrogens (tertiary/aromatic N) is 2. The van der Waals surface area contributed by atoms with Crippen molar-refractivity contribution in [2.45, 2.75) is 63.1 Å². The predicted octanol–water partition coefficient (Wildman–Crippen LogP) is 6.11. The SMILES string of the molecule is Cc1ccc(S(=O)(=O)N(CC(=O)N(Cc2ccc(F)cc2)[C@@H](C)C(=O)NC2CCCC2)c2cccc(Cl)c2Cl)cc1. The van der Waals surface area contributed by atoms with Gasteiger partial charge in [-0.25, -0.2) is 12.8 Å². The van der Waals surface area contributed by atoms with Crippen LogP contribution in [0.15, 0.2) is 71.6 Å². The van der Waals surface area contributed by atoms with Gasteiger partial charge in [0.1, 0.15) is 18.4 Å². The van der Waals surface area contributed by atoms with Crippen molar-refractivity contribution in [2.24, 2.45) is 0 Å². The summed E-state index contributed by atoms with van der Waals surface area (Å²) in [6.45, 7) is 2.73. The Bertz CT molecular complexity index is 1500. The molecule has 0 aliphatic heterocycles. The Labute approximate surface area is 250 Å². The molecule has 0 radical (unpaired) electrons. The number of amides is 2. The lowest BCUT2D eigenvalue weighted by Gasteiger charge is -2.32. The van der Waals surface area contributed by atoms with Gasteiger partial charge in [0.2, 0.25) is 11.8 Å². The fourth-order valence-electron chi connectivity index (χ4n) is 4.80. The number of sulfonamides is 1. The average molecular weight is 621 g/mol. The number of rotatable bonds is 10. The largest absolute Gasteiger partial charge is 0.352 e. The second-order valence-electron chi connectivity index (χ2n) is 10.2. The lowest BCUT2D eigenvalue weighted by atomic mass is 10.1. The number of hydrogen-bond acceptors (Lipinski definition) is 4. The molecular weight excluding hydrogens is 588 g/mol. The molecule has 0 spiro atoms. The van der Waals surface area contributed by atoms with Crippen LogP contribution in [0.3, 0.4) is 0 Å². The fourth-order valence-corrected chi connectivity index (χ4v) is 6.67. The summed E-state index contributed by atoms with van der Waals surface area (Å²) in [5, 5.41) is 3.09. The maximum Gasteiger partial charge on any atom is 0.264 e. The summed E-state index contributed by atoms with van der Waals surface area (Å²) in [4.78, 5) is 28.5. The van der Waals surface area contributed by atoms with Gasteiger partial charge in [-0.15, -0.1) is 0 Å². The highest BCUT2D eigenvalue weighted by atomic mass is 35.5. The third kappa shape index (κ3) is 7.39. The summed E-state index contributed by atoms with van der Waals surface area (Å²) in [6, 6.07) is 15.4. The molecule has 1 saturated carbocycles. The van der Waals surface area contributed by atoms with E-state index in [0.717, 1.165) is 35.6 Å². The van der Waals surface area contributed by atoms with Crippen molar-refractivity contribution in [3.63, 3.8) is 0 Å². The van der Waals surface area contributed by atoms with E-state index in [4.69, 9.17) is 23.2 Å². The van der Waals surface area contributed by atoms with E-state index in [-0.39, 0.29) is 39.1 Å². The van der Waals surface area contributed by atoms with Gasteiger partial charge in [0.25, 0.3) is 10.0 Å². The number of carbonyl (C=O) groups excluding carboxylic acids is 2. The highest BCUT2D eigenvalue weighted by molar-refractivity contribution is 7.92. The molecule has 3 aromatic rings. The molecule has 4 rings (SSSR count). The molecule has 0 unspecified atom stereocenters. The Morgan fingerprint density at radius 3 is 2.27 bits per heavy atom. The zero-order valence-electron chi connectivity index (χ0n) is 22.8. The van der Waals surface area contributed by atoms with E-state index in [1.165, 1.54) is 53.4 Å². The van der Waals surface area contributed by atoms with Crippen molar-refractivity contribution >= 4 is 50.7 Å². The molecule has 1 fully saturated rings. The topological polar surface area (TPSA) is 86.8 Å². The van der Waals surface area contributed by atoms with E-state index in [1.807, 2.05) is 6.92 Å². The summed E-state index contributed by atoms with van der Waals surface area (Å²) in [6.07, 6.45) is 3.76. The number of nitrogens with one attached hydrogen (secondary N) is 1. The molecule has 218 valence electrons. The smallest absolute Gasteiger partial charge is 0.264 e. The van der Waals surface area contributed by atoms with Crippen LogP contribution in [0, 0.1) is 12.7 Å². The van der Waals surface area contributed by atoms with Gasteiger partial charge < -0.3 is 10.2 Å². The van der Waals surface area contributed by atoms with E-state index < -0.39 is 34.3 Å². The molecule has 2 amide bonds. The summed E-state index contributed by atoms with van der Waals surface area (Å²) >= 11 is 12.7. The van der Waals surface area contributed by atoms with Gasteiger partial charge in [-0.1, -0.05) is 71.9 Å². The third-order valence-electron chi connectivity index (χ3n) is 7.22. The lowest BCUT2D eigenvalue weighted by Crippen LogP contribution is -2.52. The van der Waals surface area contributed by atoms with Gasteiger partial charge in [0.05, 0.1) is 20.6 Å². The highest BCUT2D eigenvalue weighted by Gasteiger charge is 2.34. The van der Waals surface area contributed by atoms with Crippen LogP contribution in [-0.4, -0.2) is 43.8 Å². The van der Waals surface area contributed by atoms with E-state index in [1.54, 1.807) is 25.1 Å². The number of carbonyl (C=O) groups is 2. The van der Waals surface area contributed by atoms with Gasteiger partial charge in [-0.3, -0.25) is 13.9 Å². The first-order chi connectivity index (χ1) is 19.5. The van der Waals surface area contributed by atoms with Gasteiger partial charge in [0, 0.05) is 12.6 Å². The first-order valence-electron chi connectivity index (χ1n) is 13.3.